The van der Waals surface area contributed by atoms with Crippen LogP contribution in [0.1, 0.15) is 76.4 Å². The fraction of sp³-hybridized carbons (Fsp3) is 0.185. The van der Waals surface area contributed by atoms with Crippen LogP contribution in [-0.2, 0) is 38.6 Å². The second-order valence-corrected chi connectivity index (χ2v) is 16.3. The molecule has 10 nitrogen and oxygen atoms in total. The fourth-order valence-corrected chi connectivity index (χ4v) is 7.55. The number of hydrogen-bond acceptors (Lipinski definition) is 9. The highest BCUT2D eigenvalue weighted by molar-refractivity contribution is 9.08. The number of carboxylic acids is 1. The Morgan fingerprint density at radius 1 is 0.606 bits per heavy atom. The first-order valence-corrected chi connectivity index (χ1v) is 22.9. The second kappa shape index (κ2) is 24.8. The van der Waals surface area contributed by atoms with Gasteiger partial charge >= 0.3 is 24.3 Å². The number of esters is 1. The van der Waals surface area contributed by atoms with Gasteiger partial charge < -0.3 is 28.7 Å². The molecule has 17 heteroatoms. The Bertz CT molecular complexity index is 2890. The zero-order valence-electron chi connectivity index (χ0n) is 37.7. The van der Waals surface area contributed by atoms with E-state index in [0.29, 0.717) is 29.3 Å². The molecule has 2 N–H and O–H groups in total. The van der Waals surface area contributed by atoms with Crippen LogP contribution >= 0.6 is 15.9 Å². The van der Waals surface area contributed by atoms with Gasteiger partial charge in [0.1, 0.15) is 30.6 Å². The van der Waals surface area contributed by atoms with Crippen molar-refractivity contribution in [3.63, 3.8) is 0 Å². The van der Waals surface area contributed by atoms with Crippen molar-refractivity contribution in [2.45, 2.75) is 55.9 Å². The highest BCUT2D eigenvalue weighted by atomic mass is 79.9. The highest BCUT2D eigenvalue weighted by Crippen LogP contribution is 2.34. The van der Waals surface area contributed by atoms with Gasteiger partial charge in [0.25, 0.3) is 0 Å². The van der Waals surface area contributed by atoms with Crippen LogP contribution in [0.15, 0.2) is 179 Å². The lowest BCUT2D eigenvalue weighted by Crippen LogP contribution is -2.11. The molecule has 8 rings (SSSR count). The van der Waals surface area contributed by atoms with Gasteiger partial charge in [0, 0.05) is 29.3 Å². The molecule has 2 aromatic heterocycles. The normalized spacial score (nSPS) is 12.1. The number of alkyl halides is 7. The van der Waals surface area contributed by atoms with E-state index < -0.39 is 35.4 Å². The van der Waals surface area contributed by atoms with E-state index in [0.717, 1.165) is 68.5 Å². The lowest BCUT2D eigenvalue weighted by Gasteiger charge is -2.14. The molecule has 8 aromatic rings. The lowest BCUT2D eigenvalue weighted by molar-refractivity contribution is -0.143. The molecular formula is C54H45BrF6N2O8. The van der Waals surface area contributed by atoms with E-state index in [-0.39, 0.29) is 37.1 Å². The first-order valence-electron chi connectivity index (χ1n) is 21.8. The number of aromatic hydroxyl groups is 1. The zero-order chi connectivity index (χ0) is 51.0. The molecule has 6 aromatic carbocycles. The summed E-state index contributed by atoms with van der Waals surface area (Å²) < 4.78 is 96.2. The molecule has 2 heterocycles. The Kier molecular flexibility index (Phi) is 18.4. The number of hydrogen-bond donors (Lipinski definition) is 2. The van der Waals surface area contributed by atoms with Gasteiger partial charge in [-0.05, 0) is 106 Å². The molecule has 0 aliphatic carbocycles. The summed E-state index contributed by atoms with van der Waals surface area (Å²) in [6, 6.07) is 42.4. The minimum Gasteiger partial charge on any atom is -0.508 e. The van der Waals surface area contributed by atoms with Crippen molar-refractivity contribution >= 4 is 27.9 Å². The largest absolute Gasteiger partial charge is 0.508 e. The third-order valence-corrected chi connectivity index (χ3v) is 11.4. The molecule has 71 heavy (non-hydrogen) atoms. The summed E-state index contributed by atoms with van der Waals surface area (Å²) >= 11 is 3.35. The van der Waals surface area contributed by atoms with E-state index in [1.165, 1.54) is 36.8 Å². The molecule has 0 radical (unpaired) electrons. The molecule has 0 amide bonds. The van der Waals surface area contributed by atoms with Crippen molar-refractivity contribution in [1.82, 2.24) is 10.3 Å². The number of halogens is 7. The lowest BCUT2D eigenvalue weighted by atomic mass is 9.92. The summed E-state index contributed by atoms with van der Waals surface area (Å²) in [7, 11) is 0. The minimum atomic E-state index is -4.37. The second-order valence-electron chi connectivity index (χ2n) is 15.7. The van der Waals surface area contributed by atoms with Crippen LogP contribution in [0, 0.1) is 0 Å². The Hall–Kier alpha value is -7.66. The van der Waals surface area contributed by atoms with Gasteiger partial charge in [0.15, 0.2) is 0 Å². The maximum absolute atomic E-state index is 12.8. The Morgan fingerprint density at radius 2 is 1.07 bits per heavy atom. The predicted octanol–water partition coefficient (Wildman–Crippen LogP) is 14.3. The quantitative estimate of drug-likeness (QED) is 0.0578. The number of aromatic nitrogens is 2. The molecule has 0 bridgehead atoms. The Balaban J connectivity index is 0.000000189. The van der Waals surface area contributed by atoms with Crippen molar-refractivity contribution in [3.05, 3.63) is 215 Å². The maximum Gasteiger partial charge on any atom is 0.416 e. The Labute approximate surface area is 412 Å². The summed E-state index contributed by atoms with van der Waals surface area (Å²) in [4.78, 5) is 22.9. The van der Waals surface area contributed by atoms with E-state index in [9.17, 15) is 46.1 Å². The summed E-state index contributed by atoms with van der Waals surface area (Å²) in [5.74, 6) is -1.13. The van der Waals surface area contributed by atoms with Crippen molar-refractivity contribution in [3.8, 4) is 33.8 Å². The molecule has 0 aliphatic heterocycles. The van der Waals surface area contributed by atoms with Crippen molar-refractivity contribution in [1.29, 1.82) is 0 Å². The van der Waals surface area contributed by atoms with Gasteiger partial charge in [0.2, 0.25) is 0 Å². The number of carbonyl (C=O) groups is 2. The molecule has 0 unspecified atom stereocenters. The summed E-state index contributed by atoms with van der Waals surface area (Å²) in [5.41, 5.74) is 6.65. The van der Waals surface area contributed by atoms with Crippen LogP contribution in [0.25, 0.3) is 22.3 Å². The van der Waals surface area contributed by atoms with E-state index in [1.807, 2.05) is 48.5 Å². The third-order valence-electron chi connectivity index (χ3n) is 10.8. The number of benzene rings is 6. The highest BCUT2D eigenvalue weighted by Gasteiger charge is 2.31. The summed E-state index contributed by atoms with van der Waals surface area (Å²) in [6.07, 6.45) is -5.72. The number of nitrogens with zero attached hydrogens (tertiary/aromatic N) is 2. The number of rotatable bonds is 15. The van der Waals surface area contributed by atoms with Gasteiger partial charge in [-0.3, -0.25) is 9.59 Å². The van der Waals surface area contributed by atoms with Gasteiger partial charge in [-0.25, -0.2) is 0 Å². The van der Waals surface area contributed by atoms with Crippen LogP contribution in [0.3, 0.4) is 0 Å². The molecule has 0 saturated heterocycles. The molecule has 0 spiro atoms. The molecule has 368 valence electrons. The maximum atomic E-state index is 12.8. The van der Waals surface area contributed by atoms with E-state index in [2.05, 4.69) is 26.2 Å². The average Bonchev–Trinajstić information content (AvgIpc) is 4.12. The minimum absolute atomic E-state index is 0.122. The molecular weight excluding hydrogens is 998 g/mol. The summed E-state index contributed by atoms with van der Waals surface area (Å²) in [6.45, 7) is 2.37. The van der Waals surface area contributed by atoms with Crippen molar-refractivity contribution in [2.75, 3.05) is 6.61 Å². The monoisotopic (exact) mass is 1040 g/mol. The van der Waals surface area contributed by atoms with Gasteiger partial charge in [-0.2, -0.15) is 26.3 Å². The van der Waals surface area contributed by atoms with Gasteiger partial charge in [-0.1, -0.05) is 117 Å². The number of phenols is 1. The average molecular weight is 1040 g/mol. The van der Waals surface area contributed by atoms with Gasteiger partial charge in [-0.15, -0.1) is 0 Å². The molecule has 0 saturated carbocycles. The van der Waals surface area contributed by atoms with Crippen LogP contribution in [0.5, 0.6) is 11.5 Å². The number of phenolic OH excluding ortho intramolecular Hbond substituents is 1. The van der Waals surface area contributed by atoms with Crippen molar-refractivity contribution in [2.24, 2.45) is 0 Å². The van der Waals surface area contributed by atoms with E-state index in [1.54, 1.807) is 67.6 Å². The third kappa shape index (κ3) is 15.7. The van der Waals surface area contributed by atoms with Crippen LogP contribution in [0.4, 0.5) is 26.3 Å². The predicted molar refractivity (Wildman–Crippen MR) is 255 cm³/mol. The first-order chi connectivity index (χ1) is 34.0. The van der Waals surface area contributed by atoms with E-state index in [4.69, 9.17) is 18.5 Å². The SMILES string of the molecule is CCOC(=O)C[C@H](c1ccc(O)cc1)c1ccon1.FC(F)(F)c1ccc(-c2cccc(CBr)c2)cc1.O=C(O)C[C@H](c1ccc(OCc2cccc(-c3ccc(C(F)(F)F)cc3)c2)cc1)c1ccon1. The molecule has 0 aliphatic rings. The van der Waals surface area contributed by atoms with Gasteiger partial charge in [0.05, 0.1) is 42.0 Å². The molecule has 0 fully saturated rings. The zero-order valence-corrected chi connectivity index (χ0v) is 39.3. The smallest absolute Gasteiger partial charge is 0.416 e. The first kappa shape index (κ1) is 52.7. The summed E-state index contributed by atoms with van der Waals surface area (Å²) in [5, 5.41) is 27.0. The van der Waals surface area contributed by atoms with Crippen LogP contribution < -0.4 is 4.74 Å². The molecule has 2 atom stereocenters. The van der Waals surface area contributed by atoms with Crippen LogP contribution in [-0.4, -0.2) is 39.1 Å². The van der Waals surface area contributed by atoms with Crippen molar-refractivity contribution < 1.29 is 64.7 Å². The Morgan fingerprint density at radius 3 is 1.51 bits per heavy atom. The van der Waals surface area contributed by atoms with Crippen LogP contribution in [0.2, 0.25) is 0 Å². The number of carbonyl (C=O) groups excluding carboxylic acids is 1. The van der Waals surface area contributed by atoms with E-state index >= 15 is 0 Å². The fourth-order valence-electron chi connectivity index (χ4n) is 7.20. The number of carboxylic acid groups (broad SMARTS) is 1. The number of aliphatic carboxylic acids is 1. The topological polar surface area (TPSA) is 145 Å². The number of ether oxygens (including phenoxy) is 2. The standard InChI is InChI=1S/C26H20F3NO4.C14H10BrF3.C14H15NO4/c27-26(28,29)21-8-4-18(5-9-21)20-3-1-2-17(14-20)16-33-22-10-6-19(7-11-22)23(15-25(31)32)24-12-13-34-30-24;15-9-10-2-1-3-12(8-10)11-4-6-13(7-5-11)14(16,17)18;1-2-18-14(17)9-12(13-7-8-19-15-13)10-3-5-11(16)6-4-10/h1-14,23H,15-16H2,(H,31,32);1-8H,9H2;3-8,12,16H,2,9H2,1H3/t23-;;12-/m1.1/s1.